The summed E-state index contributed by atoms with van der Waals surface area (Å²) >= 11 is 10.0. The van der Waals surface area contributed by atoms with Crippen LogP contribution in [0.15, 0.2) is 0 Å². The van der Waals surface area contributed by atoms with E-state index in [1.165, 1.54) is 38.5 Å². The Hall–Kier alpha value is 0.180. The molecular formula is C10H17ClOS. The van der Waals surface area contributed by atoms with Gasteiger partial charge < -0.3 is 4.74 Å². The highest BCUT2D eigenvalue weighted by atomic mass is 35.5. The molecule has 0 aromatic heterocycles. The van der Waals surface area contributed by atoms with Gasteiger partial charge in [-0.25, -0.2) is 0 Å². The quantitative estimate of drug-likeness (QED) is 0.404. The number of rotatable bonds is 4. The third kappa shape index (κ3) is 5.48. The van der Waals surface area contributed by atoms with Crippen molar-refractivity contribution >= 4 is 28.3 Å². The summed E-state index contributed by atoms with van der Waals surface area (Å²) in [4.78, 5) is 0. The van der Waals surface area contributed by atoms with Crippen LogP contribution in [-0.2, 0) is 4.74 Å². The van der Waals surface area contributed by atoms with Crippen LogP contribution in [-0.4, -0.2) is 11.1 Å². The Morgan fingerprint density at radius 3 is 2.62 bits per heavy atom. The predicted octanol–water partition coefficient (Wildman–Crippen LogP) is 3.89. The van der Waals surface area contributed by atoms with Crippen LogP contribution in [0.2, 0.25) is 0 Å². The minimum absolute atomic E-state index is 0.156. The van der Waals surface area contributed by atoms with Gasteiger partial charge >= 0.3 is 0 Å². The van der Waals surface area contributed by atoms with Gasteiger partial charge in [-0.2, -0.15) is 0 Å². The lowest BCUT2D eigenvalue weighted by atomic mass is 9.86. The maximum atomic E-state index is 5.41. The first kappa shape index (κ1) is 11.3. The lowest BCUT2D eigenvalue weighted by molar-refractivity contribution is 0.269. The number of ether oxygens (including phenoxy) is 1. The average molecular weight is 221 g/mol. The van der Waals surface area contributed by atoms with Gasteiger partial charge in [0, 0.05) is 0 Å². The maximum Gasteiger partial charge on any atom is 0.255 e. The minimum Gasteiger partial charge on any atom is -0.475 e. The van der Waals surface area contributed by atoms with Crippen molar-refractivity contribution in [1.29, 1.82) is 0 Å². The lowest BCUT2D eigenvalue weighted by Crippen LogP contribution is -2.07. The van der Waals surface area contributed by atoms with Crippen molar-refractivity contribution < 1.29 is 4.74 Å². The second kappa shape index (κ2) is 6.61. The van der Waals surface area contributed by atoms with E-state index in [0.29, 0.717) is 6.61 Å². The van der Waals surface area contributed by atoms with E-state index in [9.17, 15) is 0 Å². The molecule has 0 aromatic rings. The van der Waals surface area contributed by atoms with Gasteiger partial charge in [-0.1, -0.05) is 32.1 Å². The van der Waals surface area contributed by atoms with E-state index in [1.54, 1.807) is 0 Å². The summed E-state index contributed by atoms with van der Waals surface area (Å²) in [6.07, 6.45) is 9.45. The Morgan fingerprint density at radius 2 is 2.00 bits per heavy atom. The number of thiocarbonyl (C=S) groups is 1. The van der Waals surface area contributed by atoms with Crippen LogP contribution in [0.3, 0.4) is 0 Å². The van der Waals surface area contributed by atoms with Crippen molar-refractivity contribution in [2.75, 3.05) is 6.61 Å². The Labute approximate surface area is 90.8 Å². The number of hydrogen-bond acceptors (Lipinski definition) is 2. The number of hydrogen-bond donors (Lipinski definition) is 0. The molecule has 0 spiro atoms. The standard InChI is InChI=1S/C10H17ClOS/c11-10(13)12-8-4-7-9-5-2-1-3-6-9/h9H,1-8H2. The van der Waals surface area contributed by atoms with E-state index in [-0.39, 0.29) is 4.51 Å². The summed E-state index contributed by atoms with van der Waals surface area (Å²) in [5.41, 5.74) is 0. The summed E-state index contributed by atoms with van der Waals surface area (Å²) < 4.78 is 5.19. The molecule has 1 fully saturated rings. The molecule has 0 radical (unpaired) electrons. The summed E-state index contributed by atoms with van der Waals surface area (Å²) in [7, 11) is 0. The van der Waals surface area contributed by atoms with Gasteiger partial charge in [-0.3, -0.25) is 0 Å². The topological polar surface area (TPSA) is 9.23 Å². The molecule has 0 bridgehead atoms. The largest absolute Gasteiger partial charge is 0.475 e. The molecule has 76 valence electrons. The van der Waals surface area contributed by atoms with Crippen molar-refractivity contribution in [3.05, 3.63) is 0 Å². The van der Waals surface area contributed by atoms with E-state index in [2.05, 4.69) is 12.2 Å². The summed E-state index contributed by atoms with van der Waals surface area (Å²) in [6.45, 7) is 0.693. The highest BCUT2D eigenvalue weighted by Gasteiger charge is 2.12. The molecule has 13 heavy (non-hydrogen) atoms. The first-order valence-electron chi connectivity index (χ1n) is 5.11. The van der Waals surface area contributed by atoms with Gasteiger partial charge in [0.2, 0.25) is 0 Å². The second-order valence-electron chi connectivity index (χ2n) is 3.73. The van der Waals surface area contributed by atoms with Gasteiger partial charge in [0.15, 0.2) is 0 Å². The molecule has 0 aliphatic heterocycles. The fourth-order valence-electron chi connectivity index (χ4n) is 2.00. The van der Waals surface area contributed by atoms with Crippen molar-refractivity contribution in [3.63, 3.8) is 0 Å². The van der Waals surface area contributed by atoms with E-state index >= 15 is 0 Å². The van der Waals surface area contributed by atoms with E-state index in [0.717, 1.165) is 12.3 Å². The van der Waals surface area contributed by atoms with Crippen LogP contribution in [0, 0.1) is 5.92 Å². The molecule has 1 nitrogen and oxygen atoms in total. The third-order valence-electron chi connectivity index (χ3n) is 2.70. The molecule has 0 unspecified atom stereocenters. The molecule has 1 aliphatic rings. The first-order chi connectivity index (χ1) is 6.29. The summed E-state index contributed by atoms with van der Waals surface area (Å²) in [5, 5.41) is 0. The van der Waals surface area contributed by atoms with Crippen LogP contribution in [0.4, 0.5) is 0 Å². The maximum absolute atomic E-state index is 5.41. The van der Waals surface area contributed by atoms with Gasteiger partial charge in [0.25, 0.3) is 4.51 Å². The van der Waals surface area contributed by atoms with E-state index in [4.69, 9.17) is 16.3 Å². The summed E-state index contributed by atoms with van der Waals surface area (Å²) in [5.74, 6) is 0.932. The SMILES string of the molecule is S=C(Cl)OCCCC1CCCCC1. The highest BCUT2D eigenvalue weighted by Crippen LogP contribution is 2.27. The van der Waals surface area contributed by atoms with Crippen molar-refractivity contribution in [2.45, 2.75) is 44.9 Å². The van der Waals surface area contributed by atoms with Crippen molar-refractivity contribution in [2.24, 2.45) is 5.92 Å². The third-order valence-corrected chi connectivity index (χ3v) is 2.92. The Morgan fingerprint density at radius 1 is 1.31 bits per heavy atom. The molecule has 1 aliphatic carbocycles. The van der Waals surface area contributed by atoms with Gasteiger partial charge in [0.05, 0.1) is 6.61 Å². The average Bonchev–Trinajstić information content (AvgIpc) is 2.14. The molecule has 0 heterocycles. The van der Waals surface area contributed by atoms with Gasteiger partial charge in [0.1, 0.15) is 0 Å². The van der Waals surface area contributed by atoms with Crippen molar-refractivity contribution in [1.82, 2.24) is 0 Å². The van der Waals surface area contributed by atoms with Gasteiger partial charge in [-0.15, -0.1) is 0 Å². The van der Waals surface area contributed by atoms with Crippen molar-refractivity contribution in [3.8, 4) is 0 Å². The Kier molecular flexibility index (Phi) is 5.72. The minimum atomic E-state index is 0.156. The monoisotopic (exact) mass is 220 g/mol. The molecule has 0 aromatic carbocycles. The smallest absolute Gasteiger partial charge is 0.255 e. The second-order valence-corrected chi connectivity index (χ2v) is 4.67. The molecule has 1 saturated carbocycles. The number of halogens is 1. The fraction of sp³-hybridized carbons (Fsp3) is 0.900. The van der Waals surface area contributed by atoms with Crippen LogP contribution in [0.1, 0.15) is 44.9 Å². The first-order valence-corrected chi connectivity index (χ1v) is 5.90. The van der Waals surface area contributed by atoms with Crippen LogP contribution in [0.25, 0.3) is 0 Å². The fourth-order valence-corrected chi connectivity index (χ4v) is 2.16. The van der Waals surface area contributed by atoms with Crippen LogP contribution < -0.4 is 0 Å². The van der Waals surface area contributed by atoms with Gasteiger partial charge in [-0.05, 0) is 42.6 Å². The molecule has 0 atom stereocenters. The predicted molar refractivity (Wildman–Crippen MR) is 60.2 cm³/mol. The Bertz CT molecular complexity index is 155. The molecular weight excluding hydrogens is 204 g/mol. The Balaban J connectivity index is 1.95. The summed E-state index contributed by atoms with van der Waals surface area (Å²) in [6, 6.07) is 0. The molecule has 0 N–H and O–H groups in total. The zero-order chi connectivity index (χ0) is 9.52. The van der Waals surface area contributed by atoms with Crippen LogP contribution >= 0.6 is 23.8 Å². The van der Waals surface area contributed by atoms with E-state index < -0.39 is 0 Å². The zero-order valence-corrected chi connectivity index (χ0v) is 9.50. The van der Waals surface area contributed by atoms with E-state index in [1.807, 2.05) is 0 Å². The zero-order valence-electron chi connectivity index (χ0n) is 7.93. The normalized spacial score (nSPS) is 18.5. The molecule has 1 rings (SSSR count). The molecule has 3 heteroatoms. The lowest BCUT2D eigenvalue weighted by Gasteiger charge is -2.21. The van der Waals surface area contributed by atoms with Crippen LogP contribution in [0.5, 0.6) is 0 Å². The highest BCUT2D eigenvalue weighted by molar-refractivity contribution is 7.82. The molecule has 0 amide bonds. The molecule has 0 saturated heterocycles.